The van der Waals surface area contributed by atoms with Crippen LogP contribution in [0.5, 0.6) is 0 Å². The molecule has 1 aliphatic rings. The number of hydrogen-bond acceptors (Lipinski definition) is 3. The number of halogens is 5. The number of rotatable bonds is 6. The molecule has 5 nitrogen and oxygen atoms in total. The van der Waals surface area contributed by atoms with Gasteiger partial charge >= 0.3 is 12.2 Å². The second-order valence-electron chi connectivity index (χ2n) is 9.31. The Bertz CT molecular complexity index is 1220. The van der Waals surface area contributed by atoms with Crippen LogP contribution >= 0.6 is 11.6 Å². The molecule has 3 aromatic rings. The van der Waals surface area contributed by atoms with Gasteiger partial charge in [-0.05, 0) is 54.3 Å². The molecule has 1 heterocycles. The number of nitrogens with two attached hydrogens (primary N) is 1. The largest absolute Gasteiger partial charge is 0.416 e. The minimum absolute atomic E-state index is 0.00658. The lowest BCUT2D eigenvalue weighted by molar-refractivity contribution is -0.137. The fraction of sp³-hybridized carbons (Fsp3) is 0.333. The Labute approximate surface area is 217 Å². The summed E-state index contributed by atoms with van der Waals surface area (Å²) in [6, 6.07) is 12.9. The first-order chi connectivity index (χ1) is 17.6. The molecule has 0 saturated heterocycles. The molecule has 1 aliphatic carbocycles. The highest BCUT2D eigenvalue weighted by molar-refractivity contribution is 6.30. The van der Waals surface area contributed by atoms with Gasteiger partial charge in [0.15, 0.2) is 0 Å². The van der Waals surface area contributed by atoms with Crippen molar-refractivity contribution in [1.29, 1.82) is 0 Å². The highest BCUT2D eigenvalue weighted by atomic mass is 35.5. The van der Waals surface area contributed by atoms with E-state index in [0.29, 0.717) is 23.1 Å². The quantitative estimate of drug-likeness (QED) is 0.342. The molecular weight excluding hydrogens is 508 g/mol. The average molecular weight is 535 g/mol. The predicted octanol–water partition coefficient (Wildman–Crippen LogP) is 5.95. The molecule has 4 rings (SSSR count). The fourth-order valence-corrected chi connectivity index (χ4v) is 4.90. The predicted molar refractivity (Wildman–Crippen MR) is 133 cm³/mol. The molecular formula is C27H27ClF4N4O. The zero-order chi connectivity index (χ0) is 26.6. The van der Waals surface area contributed by atoms with Gasteiger partial charge < -0.3 is 16.4 Å². The number of amides is 2. The number of nitrogens with one attached hydrogen (secondary N) is 2. The van der Waals surface area contributed by atoms with Crippen molar-refractivity contribution in [3.63, 3.8) is 0 Å². The van der Waals surface area contributed by atoms with Crippen LogP contribution in [0.4, 0.5) is 22.4 Å². The van der Waals surface area contributed by atoms with Crippen LogP contribution in [-0.2, 0) is 18.1 Å². The van der Waals surface area contributed by atoms with Crippen LogP contribution in [-0.4, -0.2) is 23.1 Å². The molecule has 0 bridgehead atoms. The number of carbonyl (C=O) groups excluding carboxylic acids is 1. The van der Waals surface area contributed by atoms with Crippen molar-refractivity contribution in [3.05, 3.63) is 100 Å². The minimum atomic E-state index is -4.81. The number of carbonyl (C=O) groups is 1. The van der Waals surface area contributed by atoms with E-state index in [-0.39, 0.29) is 29.8 Å². The molecule has 0 aliphatic heterocycles. The highest BCUT2D eigenvalue weighted by Gasteiger charge is 2.41. The van der Waals surface area contributed by atoms with Crippen LogP contribution in [0.2, 0.25) is 5.02 Å². The molecule has 10 heteroatoms. The first-order valence-electron chi connectivity index (χ1n) is 12.0. The van der Waals surface area contributed by atoms with Crippen molar-refractivity contribution >= 4 is 17.6 Å². The SMILES string of the molecule is N[C@@H]1CCCC[C@H]1NC(=O)N[C@@](Cc1ccccc1)(c1cc(F)cc(C(F)(F)F)c1)c1ccc(Cl)cn1. The smallest absolute Gasteiger partial charge is 0.334 e. The highest BCUT2D eigenvalue weighted by Crippen LogP contribution is 2.38. The molecule has 0 radical (unpaired) electrons. The second kappa shape index (κ2) is 11.1. The first-order valence-corrected chi connectivity index (χ1v) is 12.3. The van der Waals surface area contributed by atoms with E-state index >= 15 is 0 Å². The zero-order valence-corrected chi connectivity index (χ0v) is 20.6. The van der Waals surface area contributed by atoms with E-state index in [1.807, 2.05) is 0 Å². The van der Waals surface area contributed by atoms with Crippen molar-refractivity contribution in [2.45, 2.75) is 55.9 Å². The van der Waals surface area contributed by atoms with E-state index in [0.717, 1.165) is 31.4 Å². The summed E-state index contributed by atoms with van der Waals surface area (Å²) in [7, 11) is 0. The monoisotopic (exact) mass is 534 g/mol. The molecule has 0 unspecified atom stereocenters. The van der Waals surface area contributed by atoms with Gasteiger partial charge in [-0.2, -0.15) is 13.2 Å². The van der Waals surface area contributed by atoms with Crippen molar-refractivity contribution in [3.8, 4) is 0 Å². The minimum Gasteiger partial charge on any atom is -0.334 e. The van der Waals surface area contributed by atoms with Crippen LogP contribution in [0.1, 0.15) is 48.1 Å². The molecule has 196 valence electrons. The standard InChI is InChI=1S/C27H27ClF4N4O/c28-20-10-11-24(34-16-20)26(15-17-6-2-1-3-7-17,18-12-19(27(30,31)32)14-21(29)13-18)36-25(37)35-23-9-5-4-8-22(23)33/h1-3,6-7,10-14,16,22-23H,4-5,8-9,15,33H2,(H2,35,36,37)/t22-,23-,26+/m1/s1. The first kappa shape index (κ1) is 26.9. The van der Waals surface area contributed by atoms with Gasteiger partial charge in [-0.25, -0.2) is 9.18 Å². The van der Waals surface area contributed by atoms with Crippen molar-refractivity contribution < 1.29 is 22.4 Å². The van der Waals surface area contributed by atoms with Gasteiger partial charge in [0.2, 0.25) is 0 Å². The molecule has 0 spiro atoms. The third kappa shape index (κ3) is 6.40. The lowest BCUT2D eigenvalue weighted by atomic mass is 9.79. The van der Waals surface area contributed by atoms with Gasteiger partial charge in [0.05, 0.1) is 16.3 Å². The summed E-state index contributed by atoms with van der Waals surface area (Å²) in [6.45, 7) is 0. The summed E-state index contributed by atoms with van der Waals surface area (Å²) in [5.41, 5.74) is 4.13. The normalized spacial score (nSPS) is 19.6. The third-order valence-electron chi connectivity index (χ3n) is 6.66. The summed E-state index contributed by atoms with van der Waals surface area (Å²) in [4.78, 5) is 17.8. The molecule has 4 N–H and O–H groups in total. The van der Waals surface area contributed by atoms with E-state index in [2.05, 4.69) is 15.6 Å². The number of alkyl halides is 3. The average Bonchev–Trinajstić information content (AvgIpc) is 2.85. The summed E-state index contributed by atoms with van der Waals surface area (Å²) < 4.78 is 55.8. The molecule has 1 aromatic heterocycles. The van der Waals surface area contributed by atoms with Crippen molar-refractivity contribution in [1.82, 2.24) is 15.6 Å². The van der Waals surface area contributed by atoms with Gasteiger partial charge in [-0.3, -0.25) is 4.98 Å². The number of hydrogen-bond donors (Lipinski definition) is 3. The van der Waals surface area contributed by atoms with E-state index in [4.69, 9.17) is 17.3 Å². The number of urea groups is 1. The summed E-state index contributed by atoms with van der Waals surface area (Å²) in [5, 5.41) is 6.03. The van der Waals surface area contributed by atoms with Crippen LogP contribution in [0.25, 0.3) is 0 Å². The van der Waals surface area contributed by atoms with Crippen molar-refractivity contribution in [2.24, 2.45) is 5.73 Å². The van der Waals surface area contributed by atoms with Crippen LogP contribution in [0.15, 0.2) is 66.9 Å². The number of aromatic nitrogens is 1. The Hall–Kier alpha value is -3.17. The van der Waals surface area contributed by atoms with Gasteiger partial charge in [-0.1, -0.05) is 54.8 Å². The van der Waals surface area contributed by atoms with Gasteiger partial charge in [0.25, 0.3) is 0 Å². The molecule has 1 fully saturated rings. The molecule has 3 atom stereocenters. The maximum atomic E-state index is 14.7. The summed E-state index contributed by atoms with van der Waals surface area (Å²) >= 11 is 6.04. The topological polar surface area (TPSA) is 80.0 Å². The Morgan fingerprint density at radius 2 is 1.73 bits per heavy atom. The maximum Gasteiger partial charge on any atom is 0.416 e. The van der Waals surface area contributed by atoms with Crippen LogP contribution < -0.4 is 16.4 Å². The molecule has 2 amide bonds. The third-order valence-corrected chi connectivity index (χ3v) is 6.88. The van der Waals surface area contributed by atoms with E-state index in [1.54, 1.807) is 30.3 Å². The van der Waals surface area contributed by atoms with Crippen LogP contribution in [0.3, 0.4) is 0 Å². The zero-order valence-electron chi connectivity index (χ0n) is 19.9. The Kier molecular flexibility index (Phi) is 8.04. The lowest BCUT2D eigenvalue weighted by Gasteiger charge is -2.37. The fourth-order valence-electron chi connectivity index (χ4n) is 4.79. The van der Waals surface area contributed by atoms with E-state index < -0.39 is 29.1 Å². The Morgan fingerprint density at radius 3 is 2.38 bits per heavy atom. The summed E-state index contributed by atoms with van der Waals surface area (Å²) in [5.74, 6) is -1.09. The second-order valence-corrected chi connectivity index (χ2v) is 9.75. The van der Waals surface area contributed by atoms with Crippen molar-refractivity contribution in [2.75, 3.05) is 0 Å². The van der Waals surface area contributed by atoms with E-state index in [9.17, 15) is 22.4 Å². The lowest BCUT2D eigenvalue weighted by Crippen LogP contribution is -2.57. The van der Waals surface area contributed by atoms with Crippen LogP contribution in [0, 0.1) is 5.82 Å². The number of nitrogens with zero attached hydrogens (tertiary/aromatic N) is 1. The van der Waals surface area contributed by atoms with Gasteiger partial charge in [0.1, 0.15) is 11.4 Å². The molecule has 2 aromatic carbocycles. The summed E-state index contributed by atoms with van der Waals surface area (Å²) in [6.07, 6.45) is -0.206. The van der Waals surface area contributed by atoms with Gasteiger partial charge in [0, 0.05) is 24.7 Å². The van der Waals surface area contributed by atoms with Gasteiger partial charge in [-0.15, -0.1) is 0 Å². The maximum absolute atomic E-state index is 14.7. The molecule has 37 heavy (non-hydrogen) atoms. The Balaban J connectivity index is 1.86. The van der Waals surface area contributed by atoms with E-state index in [1.165, 1.54) is 18.3 Å². The Morgan fingerprint density at radius 1 is 1.03 bits per heavy atom. The number of pyridine rings is 1. The molecule has 1 saturated carbocycles. The number of benzene rings is 2.